The van der Waals surface area contributed by atoms with Crippen LogP contribution in [0.15, 0.2) is 0 Å². The highest BCUT2D eigenvalue weighted by atomic mass is 16.5. The van der Waals surface area contributed by atoms with Crippen LogP contribution in [0.5, 0.6) is 0 Å². The summed E-state index contributed by atoms with van der Waals surface area (Å²) >= 11 is 0. The van der Waals surface area contributed by atoms with E-state index in [2.05, 4.69) is 0 Å². The molecule has 0 aromatic carbocycles. The van der Waals surface area contributed by atoms with Crippen LogP contribution in [-0.4, -0.2) is 31.2 Å². The molecular weight excluding hydrogens is 90.1 g/mol. The first kappa shape index (κ1) is 5.06. The molecule has 0 aliphatic carbocycles. The Morgan fingerprint density at radius 2 is 1.86 bits per heavy atom. The summed E-state index contributed by atoms with van der Waals surface area (Å²) in [7, 11) is 5.39. The summed E-state index contributed by atoms with van der Waals surface area (Å²) in [6, 6.07) is 0. The fraction of sp³-hybridized carbons (Fsp3) is 0.800. The van der Waals surface area contributed by atoms with Crippen molar-refractivity contribution in [2.45, 2.75) is 0 Å². The highest BCUT2D eigenvalue weighted by molar-refractivity contribution is 4.57. The molecule has 0 aromatic heterocycles. The van der Waals surface area contributed by atoms with Crippen LogP contribution in [-0.2, 0) is 4.74 Å². The van der Waals surface area contributed by atoms with E-state index < -0.39 is 0 Å². The maximum Gasteiger partial charge on any atom is 0.0594 e. The van der Waals surface area contributed by atoms with Crippen LogP contribution in [0, 0.1) is 7.05 Å². The van der Waals surface area contributed by atoms with Crippen LogP contribution in [0.3, 0.4) is 0 Å². The lowest BCUT2D eigenvalue weighted by atomic mass is 10.5. The minimum absolute atomic E-state index is 0.788. The molecular formula is C5H9NO. The second-order valence-corrected chi connectivity index (χ2v) is 1.65. The van der Waals surface area contributed by atoms with Crippen molar-refractivity contribution < 1.29 is 4.74 Å². The summed E-state index contributed by atoms with van der Waals surface area (Å²) in [5.74, 6) is 0. The Hall–Kier alpha value is -0.0800. The van der Waals surface area contributed by atoms with Gasteiger partial charge in [-0.25, -0.2) is 0 Å². The highest BCUT2D eigenvalue weighted by Crippen LogP contribution is 1.91. The van der Waals surface area contributed by atoms with Crippen LogP contribution in [0.2, 0.25) is 0 Å². The van der Waals surface area contributed by atoms with E-state index in [-0.39, 0.29) is 0 Å². The second kappa shape index (κ2) is 2.28. The Morgan fingerprint density at radius 3 is 2.14 bits per heavy atom. The number of ether oxygens (including phenoxy) is 1. The molecule has 0 saturated carbocycles. The van der Waals surface area contributed by atoms with Crippen molar-refractivity contribution in [1.82, 2.24) is 4.90 Å². The lowest BCUT2D eigenvalue weighted by Gasteiger charge is -2.20. The first-order chi connectivity index (χ1) is 3.39. The lowest BCUT2D eigenvalue weighted by Crippen LogP contribution is -2.30. The molecule has 2 nitrogen and oxygen atoms in total. The molecule has 0 aromatic rings. The van der Waals surface area contributed by atoms with Crippen molar-refractivity contribution in [1.29, 1.82) is 0 Å². The topological polar surface area (TPSA) is 12.5 Å². The number of morpholine rings is 1. The molecule has 0 unspecified atom stereocenters. The van der Waals surface area contributed by atoms with Gasteiger partial charge >= 0.3 is 0 Å². The third-order valence-corrected chi connectivity index (χ3v) is 1.05. The SMILES string of the molecule is [CH]N1CCOCC1. The minimum Gasteiger partial charge on any atom is -0.379 e. The molecule has 0 amide bonds. The van der Waals surface area contributed by atoms with Crippen molar-refractivity contribution >= 4 is 0 Å². The standard InChI is InChI=1S/C5H9NO/c1-6-2-4-7-5-3-6/h1H,2-5H2. The van der Waals surface area contributed by atoms with Crippen molar-refractivity contribution in [3.05, 3.63) is 7.05 Å². The maximum atomic E-state index is 5.39. The monoisotopic (exact) mass is 99.1 g/mol. The quantitative estimate of drug-likeness (QED) is 0.423. The maximum absolute atomic E-state index is 5.39. The predicted molar refractivity (Wildman–Crippen MR) is 26.7 cm³/mol. The third kappa shape index (κ3) is 1.45. The number of nitrogens with zero attached hydrogens (tertiary/aromatic N) is 1. The summed E-state index contributed by atoms with van der Waals surface area (Å²) in [6.45, 7) is 3.33. The van der Waals surface area contributed by atoms with Gasteiger partial charge in [-0.2, -0.15) is 0 Å². The van der Waals surface area contributed by atoms with Crippen molar-refractivity contribution in [3.63, 3.8) is 0 Å². The predicted octanol–water partition coefficient (Wildman–Crippen LogP) is -0.0128. The Balaban J connectivity index is 2.12. The fourth-order valence-electron chi connectivity index (χ4n) is 0.577. The van der Waals surface area contributed by atoms with Gasteiger partial charge in [-0.1, -0.05) is 0 Å². The Labute approximate surface area is 44.1 Å². The molecule has 1 rings (SSSR count). The van der Waals surface area contributed by atoms with E-state index in [9.17, 15) is 0 Å². The highest BCUT2D eigenvalue weighted by Gasteiger charge is 2.02. The molecule has 7 heavy (non-hydrogen) atoms. The minimum atomic E-state index is 0.788. The van der Waals surface area contributed by atoms with Gasteiger partial charge in [0.25, 0.3) is 0 Å². The summed E-state index contributed by atoms with van der Waals surface area (Å²) in [5, 5.41) is 0. The molecule has 0 N–H and O–H groups in total. The van der Waals surface area contributed by atoms with Gasteiger partial charge in [0.2, 0.25) is 0 Å². The van der Waals surface area contributed by atoms with Crippen molar-refractivity contribution in [2.24, 2.45) is 0 Å². The molecule has 0 atom stereocenters. The van der Waals surface area contributed by atoms with Crippen LogP contribution in [0.4, 0.5) is 0 Å². The molecule has 40 valence electrons. The van der Waals surface area contributed by atoms with Gasteiger partial charge in [0.15, 0.2) is 0 Å². The summed E-state index contributed by atoms with van der Waals surface area (Å²) in [4.78, 5) is 1.77. The average Bonchev–Trinajstić information content (AvgIpc) is 1.69. The van der Waals surface area contributed by atoms with Crippen molar-refractivity contribution in [2.75, 3.05) is 26.3 Å². The first-order valence-electron chi connectivity index (χ1n) is 2.47. The molecule has 2 radical (unpaired) electrons. The summed E-state index contributed by atoms with van der Waals surface area (Å²) < 4.78 is 5.02. The molecule has 0 spiro atoms. The zero-order chi connectivity index (χ0) is 5.11. The lowest BCUT2D eigenvalue weighted by molar-refractivity contribution is 0.0580. The third-order valence-electron chi connectivity index (χ3n) is 1.05. The van der Waals surface area contributed by atoms with Gasteiger partial charge < -0.3 is 4.74 Å². The normalized spacial score (nSPS) is 25.3. The largest absolute Gasteiger partial charge is 0.379 e. The Kier molecular flexibility index (Phi) is 1.65. The summed E-state index contributed by atoms with van der Waals surface area (Å²) in [6.07, 6.45) is 0. The van der Waals surface area contributed by atoms with Gasteiger partial charge in [-0.3, -0.25) is 4.90 Å². The zero-order valence-corrected chi connectivity index (χ0v) is 4.26. The average molecular weight is 99.1 g/mol. The Bertz CT molecular complexity index is 50.0. The van der Waals surface area contributed by atoms with Crippen LogP contribution >= 0.6 is 0 Å². The van der Waals surface area contributed by atoms with E-state index in [1.165, 1.54) is 0 Å². The van der Waals surface area contributed by atoms with E-state index in [4.69, 9.17) is 11.8 Å². The fourth-order valence-corrected chi connectivity index (χ4v) is 0.577. The molecule has 1 fully saturated rings. The molecule has 1 aliphatic rings. The molecule has 2 heteroatoms. The molecule has 1 saturated heterocycles. The van der Waals surface area contributed by atoms with E-state index >= 15 is 0 Å². The van der Waals surface area contributed by atoms with Gasteiger partial charge in [0.1, 0.15) is 0 Å². The first-order valence-corrected chi connectivity index (χ1v) is 2.47. The van der Waals surface area contributed by atoms with E-state index in [1.807, 2.05) is 0 Å². The van der Waals surface area contributed by atoms with E-state index in [1.54, 1.807) is 4.90 Å². The number of hydrogen-bond donors (Lipinski definition) is 0. The van der Waals surface area contributed by atoms with Gasteiger partial charge in [0, 0.05) is 20.1 Å². The van der Waals surface area contributed by atoms with Crippen molar-refractivity contribution in [3.8, 4) is 0 Å². The molecule has 1 heterocycles. The smallest absolute Gasteiger partial charge is 0.0594 e. The zero-order valence-electron chi connectivity index (χ0n) is 4.26. The van der Waals surface area contributed by atoms with E-state index in [0.717, 1.165) is 26.3 Å². The number of hydrogen-bond acceptors (Lipinski definition) is 2. The molecule has 0 bridgehead atoms. The molecule has 1 aliphatic heterocycles. The van der Waals surface area contributed by atoms with Gasteiger partial charge in [0.05, 0.1) is 13.2 Å². The van der Waals surface area contributed by atoms with Crippen LogP contribution in [0.1, 0.15) is 0 Å². The Morgan fingerprint density at radius 1 is 1.29 bits per heavy atom. The van der Waals surface area contributed by atoms with E-state index in [0.29, 0.717) is 0 Å². The van der Waals surface area contributed by atoms with Gasteiger partial charge in [-0.05, 0) is 0 Å². The number of rotatable bonds is 0. The van der Waals surface area contributed by atoms with Gasteiger partial charge in [-0.15, -0.1) is 0 Å². The summed E-state index contributed by atoms with van der Waals surface area (Å²) in [5.41, 5.74) is 0. The van der Waals surface area contributed by atoms with Crippen LogP contribution < -0.4 is 0 Å². The second-order valence-electron chi connectivity index (χ2n) is 1.65. The van der Waals surface area contributed by atoms with Crippen LogP contribution in [0.25, 0.3) is 0 Å².